The average Bonchev–Trinajstić information content (AvgIpc) is 3.04. The minimum Gasteiger partial charge on any atom is -0.457 e. The second kappa shape index (κ2) is 8.85. The first-order valence-electron chi connectivity index (χ1n) is 11.3. The molecule has 0 aromatic heterocycles. The van der Waals surface area contributed by atoms with Crippen molar-refractivity contribution in [2.24, 2.45) is 5.41 Å². The Morgan fingerprint density at radius 1 is 0.969 bits per heavy atom. The van der Waals surface area contributed by atoms with Gasteiger partial charge in [-0.2, -0.15) is 0 Å². The van der Waals surface area contributed by atoms with Crippen molar-refractivity contribution in [2.45, 2.75) is 52.2 Å². The number of rotatable bonds is 4. The van der Waals surface area contributed by atoms with E-state index in [9.17, 15) is 9.59 Å². The van der Waals surface area contributed by atoms with Gasteiger partial charge < -0.3 is 19.3 Å². The van der Waals surface area contributed by atoms with Crippen molar-refractivity contribution >= 4 is 12.0 Å². The molecule has 4 rings (SSSR count). The number of ether oxygens (including phenoxy) is 2. The Balaban J connectivity index is 1.37. The Hall–Kier alpha value is -3.02. The highest BCUT2D eigenvalue weighted by Crippen LogP contribution is 2.41. The molecule has 2 aromatic carbocycles. The Kier molecular flexibility index (Phi) is 6.13. The highest BCUT2D eigenvalue weighted by Gasteiger charge is 2.50. The molecule has 0 bridgehead atoms. The van der Waals surface area contributed by atoms with Crippen LogP contribution < -0.4 is 4.74 Å². The number of carbonyl (C=O) groups is 2. The number of piperidine rings is 1. The maximum atomic E-state index is 13.4. The summed E-state index contributed by atoms with van der Waals surface area (Å²) in [5, 5.41) is 0. The topological polar surface area (TPSA) is 59.1 Å². The normalized spacial score (nSPS) is 21.2. The number of carbonyl (C=O) groups excluding carboxylic acids is 2. The lowest BCUT2D eigenvalue weighted by Gasteiger charge is -2.39. The molecule has 6 nitrogen and oxygen atoms in total. The van der Waals surface area contributed by atoms with Crippen LogP contribution in [0.1, 0.15) is 45.6 Å². The van der Waals surface area contributed by atoms with Crippen molar-refractivity contribution in [3.05, 3.63) is 60.2 Å². The molecule has 170 valence electrons. The second-order valence-electron chi connectivity index (χ2n) is 9.82. The van der Waals surface area contributed by atoms with E-state index in [0.29, 0.717) is 26.2 Å². The van der Waals surface area contributed by atoms with E-state index in [0.717, 1.165) is 36.3 Å². The molecule has 0 saturated carbocycles. The van der Waals surface area contributed by atoms with Crippen LogP contribution in [-0.2, 0) is 16.1 Å². The molecule has 2 aliphatic heterocycles. The molecule has 1 atom stereocenters. The smallest absolute Gasteiger partial charge is 0.410 e. The molecule has 0 N–H and O–H groups in total. The van der Waals surface area contributed by atoms with Crippen LogP contribution >= 0.6 is 0 Å². The number of hydrogen-bond acceptors (Lipinski definition) is 4. The van der Waals surface area contributed by atoms with Crippen molar-refractivity contribution in [3.8, 4) is 11.5 Å². The standard InChI is InChI=1S/C26H32N2O4/c1-25(2,3)32-24(30)28-16-7-14-26(19-28)15-17-27(23(26)29)18-20-10-12-22(13-11-20)31-21-8-5-4-6-9-21/h4-6,8-13H,7,14-19H2,1-3H3. The Labute approximate surface area is 190 Å². The van der Waals surface area contributed by atoms with Crippen LogP contribution in [0.25, 0.3) is 0 Å². The molecule has 2 aromatic rings. The summed E-state index contributed by atoms with van der Waals surface area (Å²) in [5.41, 5.74) is 0.0469. The highest BCUT2D eigenvalue weighted by atomic mass is 16.6. The zero-order valence-electron chi connectivity index (χ0n) is 19.2. The molecule has 0 aliphatic carbocycles. The van der Waals surface area contributed by atoms with E-state index in [4.69, 9.17) is 9.47 Å². The van der Waals surface area contributed by atoms with E-state index in [1.165, 1.54) is 0 Å². The van der Waals surface area contributed by atoms with E-state index >= 15 is 0 Å². The molecule has 32 heavy (non-hydrogen) atoms. The molecular formula is C26H32N2O4. The van der Waals surface area contributed by atoms with Crippen molar-refractivity contribution in [1.82, 2.24) is 9.80 Å². The van der Waals surface area contributed by atoms with Gasteiger partial charge in [0.1, 0.15) is 17.1 Å². The van der Waals surface area contributed by atoms with Gasteiger partial charge in [0.05, 0.1) is 5.41 Å². The Morgan fingerprint density at radius 2 is 1.66 bits per heavy atom. The largest absolute Gasteiger partial charge is 0.457 e. The number of benzene rings is 2. The fraction of sp³-hybridized carbons (Fsp3) is 0.462. The van der Waals surface area contributed by atoms with Gasteiger partial charge in [-0.15, -0.1) is 0 Å². The fourth-order valence-electron chi connectivity index (χ4n) is 4.54. The summed E-state index contributed by atoms with van der Waals surface area (Å²) in [6.45, 7) is 7.96. The van der Waals surface area contributed by atoms with E-state index in [2.05, 4.69) is 0 Å². The summed E-state index contributed by atoms with van der Waals surface area (Å²) >= 11 is 0. The average molecular weight is 437 g/mol. The number of likely N-dealkylation sites (tertiary alicyclic amines) is 2. The first-order chi connectivity index (χ1) is 15.2. The highest BCUT2D eigenvalue weighted by molar-refractivity contribution is 5.86. The van der Waals surface area contributed by atoms with Crippen molar-refractivity contribution < 1.29 is 19.1 Å². The third-order valence-electron chi connectivity index (χ3n) is 6.11. The predicted octanol–water partition coefficient (Wildman–Crippen LogP) is 5.23. The maximum Gasteiger partial charge on any atom is 0.410 e. The lowest BCUT2D eigenvalue weighted by Crippen LogP contribution is -2.50. The third-order valence-corrected chi connectivity index (χ3v) is 6.11. The molecular weight excluding hydrogens is 404 g/mol. The van der Waals surface area contributed by atoms with Crippen LogP contribution in [0.5, 0.6) is 11.5 Å². The molecule has 2 fully saturated rings. The molecule has 0 radical (unpaired) electrons. The van der Waals surface area contributed by atoms with Gasteiger partial charge in [-0.1, -0.05) is 30.3 Å². The lowest BCUT2D eigenvalue weighted by atomic mass is 9.78. The molecule has 2 aliphatic rings. The molecule has 1 spiro atoms. The summed E-state index contributed by atoms with van der Waals surface area (Å²) in [5.74, 6) is 1.71. The first kappa shape index (κ1) is 22.2. The van der Waals surface area contributed by atoms with Gasteiger partial charge >= 0.3 is 6.09 Å². The van der Waals surface area contributed by atoms with Gasteiger partial charge in [-0.3, -0.25) is 4.79 Å². The minimum atomic E-state index is -0.538. The molecule has 2 saturated heterocycles. The summed E-state index contributed by atoms with van der Waals surface area (Å²) in [4.78, 5) is 29.6. The van der Waals surface area contributed by atoms with Gasteiger partial charge in [0.2, 0.25) is 5.91 Å². The Morgan fingerprint density at radius 3 is 2.34 bits per heavy atom. The number of nitrogens with zero attached hydrogens (tertiary/aromatic N) is 2. The monoisotopic (exact) mass is 436 g/mol. The lowest BCUT2D eigenvalue weighted by molar-refractivity contribution is -0.139. The molecule has 6 heteroatoms. The molecule has 1 unspecified atom stereocenters. The molecule has 2 heterocycles. The zero-order chi connectivity index (χ0) is 22.8. The van der Waals surface area contributed by atoms with Gasteiger partial charge in [-0.05, 0) is 69.9 Å². The van der Waals surface area contributed by atoms with Crippen molar-refractivity contribution in [3.63, 3.8) is 0 Å². The predicted molar refractivity (Wildman–Crippen MR) is 122 cm³/mol. The first-order valence-corrected chi connectivity index (χ1v) is 11.3. The second-order valence-corrected chi connectivity index (χ2v) is 9.82. The van der Waals surface area contributed by atoms with E-state index < -0.39 is 11.0 Å². The van der Waals surface area contributed by atoms with Gasteiger partial charge in [0.15, 0.2) is 0 Å². The summed E-state index contributed by atoms with van der Waals surface area (Å²) < 4.78 is 11.4. The summed E-state index contributed by atoms with van der Waals surface area (Å²) in [7, 11) is 0. The summed E-state index contributed by atoms with van der Waals surface area (Å²) in [6, 6.07) is 17.5. The quantitative estimate of drug-likeness (QED) is 0.659. The number of para-hydroxylation sites is 1. The van der Waals surface area contributed by atoms with E-state index in [1.54, 1.807) is 4.90 Å². The van der Waals surface area contributed by atoms with Crippen LogP contribution in [0.4, 0.5) is 4.79 Å². The number of hydrogen-bond donors (Lipinski definition) is 0. The van der Waals surface area contributed by atoms with Crippen LogP contribution in [0.2, 0.25) is 0 Å². The van der Waals surface area contributed by atoms with Crippen LogP contribution in [0.3, 0.4) is 0 Å². The number of amides is 2. The fourth-order valence-corrected chi connectivity index (χ4v) is 4.54. The third kappa shape index (κ3) is 5.06. The SMILES string of the molecule is CC(C)(C)OC(=O)N1CCCC2(CCN(Cc3ccc(Oc4ccccc4)cc3)C2=O)C1. The van der Waals surface area contributed by atoms with Gasteiger partial charge in [-0.25, -0.2) is 4.79 Å². The molecule has 2 amide bonds. The van der Waals surface area contributed by atoms with Gasteiger partial charge in [0.25, 0.3) is 0 Å². The Bertz CT molecular complexity index is 952. The van der Waals surface area contributed by atoms with Crippen molar-refractivity contribution in [2.75, 3.05) is 19.6 Å². The summed E-state index contributed by atoms with van der Waals surface area (Å²) in [6.07, 6.45) is 2.10. The van der Waals surface area contributed by atoms with Crippen LogP contribution in [0, 0.1) is 5.41 Å². The van der Waals surface area contributed by atoms with Crippen molar-refractivity contribution in [1.29, 1.82) is 0 Å². The minimum absolute atomic E-state index is 0.148. The van der Waals surface area contributed by atoms with E-state index in [1.807, 2.05) is 80.3 Å². The van der Waals surface area contributed by atoms with Crippen LogP contribution in [0.15, 0.2) is 54.6 Å². The van der Waals surface area contributed by atoms with Crippen LogP contribution in [-0.4, -0.2) is 47.0 Å². The van der Waals surface area contributed by atoms with E-state index in [-0.39, 0.29) is 12.0 Å². The zero-order valence-corrected chi connectivity index (χ0v) is 19.2. The maximum absolute atomic E-state index is 13.4. The van der Waals surface area contributed by atoms with Gasteiger partial charge in [0, 0.05) is 26.2 Å².